The molecule has 0 aliphatic heterocycles. The fourth-order valence-corrected chi connectivity index (χ4v) is 5.49. The van der Waals surface area contributed by atoms with E-state index in [-0.39, 0.29) is 18.3 Å². The molecule has 0 fully saturated rings. The Bertz CT molecular complexity index is 1170. The molecule has 224 valence electrons. The summed E-state index contributed by atoms with van der Waals surface area (Å²) >= 11 is 0. The molecule has 0 unspecified atom stereocenters. The first-order valence-corrected chi connectivity index (χ1v) is 16.0. The van der Waals surface area contributed by atoms with E-state index in [1.807, 2.05) is 41.0 Å². The lowest BCUT2D eigenvalue weighted by Crippen LogP contribution is -2.15. The van der Waals surface area contributed by atoms with Crippen molar-refractivity contribution < 1.29 is 19.1 Å². The topological polar surface area (TPSA) is 70.4 Å². The smallest absolute Gasteiger partial charge is 0.434 e. The summed E-state index contributed by atoms with van der Waals surface area (Å²) in [7, 11) is 0. The molecule has 0 saturated heterocycles. The summed E-state index contributed by atoms with van der Waals surface area (Å²) in [5.41, 5.74) is 2.25. The van der Waals surface area contributed by atoms with Crippen molar-refractivity contribution >= 4 is 22.8 Å². The van der Waals surface area contributed by atoms with Gasteiger partial charge < -0.3 is 14.0 Å². The van der Waals surface area contributed by atoms with Gasteiger partial charge in [-0.15, -0.1) is 0 Å². The molecular formula is C35H50N2O4. The van der Waals surface area contributed by atoms with Crippen LogP contribution in [-0.2, 0) is 11.3 Å². The lowest BCUT2D eigenvalue weighted by atomic mass is 10.0. The number of benzene rings is 1. The van der Waals surface area contributed by atoms with Crippen molar-refractivity contribution in [2.45, 2.75) is 123 Å². The highest BCUT2D eigenvalue weighted by Crippen LogP contribution is 2.35. The quantitative estimate of drug-likeness (QED) is 0.0734. The Morgan fingerprint density at radius 1 is 0.756 bits per heavy atom. The molecule has 0 aliphatic rings. The molecule has 1 aromatic carbocycles. The van der Waals surface area contributed by atoms with Crippen molar-refractivity contribution in [2.24, 2.45) is 0 Å². The van der Waals surface area contributed by atoms with E-state index in [0.29, 0.717) is 18.5 Å². The predicted molar refractivity (Wildman–Crippen MR) is 167 cm³/mol. The lowest BCUT2D eigenvalue weighted by Gasteiger charge is -2.12. The van der Waals surface area contributed by atoms with Gasteiger partial charge in [-0.2, -0.15) is 0 Å². The van der Waals surface area contributed by atoms with E-state index in [4.69, 9.17) is 9.47 Å². The number of fused-ring (bicyclic) bond motifs is 1. The van der Waals surface area contributed by atoms with Crippen LogP contribution < -0.4 is 4.74 Å². The molecule has 2 aromatic heterocycles. The first-order valence-electron chi connectivity index (χ1n) is 16.0. The van der Waals surface area contributed by atoms with Gasteiger partial charge in [-0.1, -0.05) is 121 Å². The van der Waals surface area contributed by atoms with E-state index >= 15 is 0 Å². The summed E-state index contributed by atoms with van der Waals surface area (Å²) in [5.74, 6) is 0.250. The largest absolute Gasteiger partial charge is 0.515 e. The summed E-state index contributed by atoms with van der Waals surface area (Å²) in [6.07, 6.45) is 22.4. The molecule has 0 N–H and O–H groups in total. The van der Waals surface area contributed by atoms with Crippen molar-refractivity contribution in [1.29, 1.82) is 0 Å². The number of nitrogens with zero attached hydrogens (tertiary/aromatic N) is 2. The summed E-state index contributed by atoms with van der Waals surface area (Å²) in [6.45, 7) is 4.63. The number of ketones is 1. The molecule has 0 amide bonds. The first-order chi connectivity index (χ1) is 20.2. The van der Waals surface area contributed by atoms with Gasteiger partial charge in [-0.05, 0) is 31.0 Å². The normalized spacial score (nSPS) is 11.2. The van der Waals surface area contributed by atoms with Crippen LogP contribution in [0.1, 0.15) is 133 Å². The van der Waals surface area contributed by atoms with Gasteiger partial charge in [0.05, 0.1) is 24.2 Å². The molecule has 41 heavy (non-hydrogen) atoms. The predicted octanol–water partition coefficient (Wildman–Crippen LogP) is 10.1. The first kappa shape index (κ1) is 32.4. The average molecular weight is 563 g/mol. The number of pyridine rings is 1. The molecule has 6 nitrogen and oxygen atoms in total. The van der Waals surface area contributed by atoms with Crippen molar-refractivity contribution in [3.63, 3.8) is 0 Å². The van der Waals surface area contributed by atoms with Crippen LogP contribution in [0.5, 0.6) is 5.88 Å². The number of aromatic nitrogens is 2. The third-order valence-electron chi connectivity index (χ3n) is 7.72. The highest BCUT2D eigenvalue weighted by molar-refractivity contribution is 6.11. The van der Waals surface area contributed by atoms with Crippen molar-refractivity contribution in [2.75, 3.05) is 6.61 Å². The molecule has 0 bridgehead atoms. The maximum atomic E-state index is 13.6. The second-order valence-corrected chi connectivity index (χ2v) is 11.1. The van der Waals surface area contributed by atoms with E-state index in [1.165, 1.54) is 77.0 Å². The van der Waals surface area contributed by atoms with Crippen LogP contribution in [0.2, 0.25) is 0 Å². The number of unbranched alkanes of at least 4 members (excludes halogenated alkanes) is 14. The monoisotopic (exact) mass is 562 g/mol. The minimum absolute atomic E-state index is 0.000120. The van der Waals surface area contributed by atoms with Crippen molar-refractivity contribution in [1.82, 2.24) is 9.55 Å². The maximum Gasteiger partial charge on any atom is 0.515 e. The summed E-state index contributed by atoms with van der Waals surface area (Å²) in [4.78, 5) is 30.2. The summed E-state index contributed by atoms with van der Waals surface area (Å²) < 4.78 is 12.6. The Kier molecular flexibility index (Phi) is 15.0. The van der Waals surface area contributed by atoms with Gasteiger partial charge in [0.2, 0.25) is 5.88 Å². The second-order valence-electron chi connectivity index (χ2n) is 11.1. The fraction of sp³-hybridized carbons (Fsp3) is 0.571. The Hall–Kier alpha value is -3.15. The zero-order valence-electron chi connectivity index (χ0n) is 25.4. The van der Waals surface area contributed by atoms with Crippen LogP contribution in [0.3, 0.4) is 0 Å². The SMILES string of the molecule is CCCCCCCCCCCCCCCCCC(=O)c1c(OC(=O)OCC)n(Cc2cccnc2)c2ccccc12. The van der Waals surface area contributed by atoms with E-state index < -0.39 is 6.16 Å². The zero-order valence-corrected chi connectivity index (χ0v) is 25.4. The molecule has 2 heterocycles. The minimum Gasteiger partial charge on any atom is -0.434 e. The number of para-hydroxylation sites is 1. The van der Waals surface area contributed by atoms with Crippen LogP contribution in [-0.4, -0.2) is 28.1 Å². The molecule has 3 rings (SSSR count). The molecule has 0 saturated carbocycles. The van der Waals surface area contributed by atoms with E-state index in [9.17, 15) is 9.59 Å². The number of hydrogen-bond acceptors (Lipinski definition) is 5. The summed E-state index contributed by atoms with van der Waals surface area (Å²) in [5, 5.41) is 0.793. The Morgan fingerprint density at radius 3 is 1.95 bits per heavy atom. The Labute approximate surface area is 246 Å². The Morgan fingerprint density at radius 2 is 1.37 bits per heavy atom. The second kappa shape index (κ2) is 19.1. The van der Waals surface area contributed by atoms with Gasteiger partial charge >= 0.3 is 6.16 Å². The zero-order chi connectivity index (χ0) is 29.1. The maximum absolute atomic E-state index is 13.6. The molecular weight excluding hydrogens is 512 g/mol. The van der Waals surface area contributed by atoms with Gasteiger partial charge in [0, 0.05) is 24.2 Å². The molecule has 3 aromatic rings. The molecule has 0 radical (unpaired) electrons. The van der Waals surface area contributed by atoms with Crippen LogP contribution >= 0.6 is 0 Å². The molecule has 0 aliphatic carbocycles. The van der Waals surface area contributed by atoms with Crippen LogP contribution in [0.4, 0.5) is 4.79 Å². The van der Waals surface area contributed by atoms with Crippen LogP contribution in [0.25, 0.3) is 10.9 Å². The third-order valence-corrected chi connectivity index (χ3v) is 7.72. The number of ether oxygens (including phenoxy) is 2. The average Bonchev–Trinajstić information content (AvgIpc) is 3.28. The van der Waals surface area contributed by atoms with Crippen LogP contribution in [0.15, 0.2) is 48.8 Å². The van der Waals surface area contributed by atoms with Crippen LogP contribution in [0, 0.1) is 0 Å². The molecule has 0 atom stereocenters. The van der Waals surface area contributed by atoms with Gasteiger partial charge in [0.25, 0.3) is 0 Å². The number of carbonyl (C=O) groups excluding carboxylic acids is 2. The standard InChI is InChI=1S/C35H50N2O4/c1-3-5-6-7-8-9-10-11-12-13-14-15-16-17-18-25-32(38)33-30-23-19-20-24-31(30)37(28-29-22-21-26-36-27-29)34(33)41-35(39)40-4-2/h19-24,26-27H,3-18,25,28H2,1-2H3. The number of hydrogen-bond donors (Lipinski definition) is 0. The summed E-state index contributed by atoms with van der Waals surface area (Å²) in [6, 6.07) is 11.6. The minimum atomic E-state index is -0.802. The van der Waals surface area contributed by atoms with E-state index in [1.54, 1.807) is 19.3 Å². The highest BCUT2D eigenvalue weighted by Gasteiger charge is 2.26. The molecule has 6 heteroatoms. The number of rotatable bonds is 21. The number of Topliss-reactive ketones (excluding diaryl/α,β-unsaturated/α-hetero) is 1. The van der Waals surface area contributed by atoms with Crippen molar-refractivity contribution in [3.05, 3.63) is 59.9 Å². The van der Waals surface area contributed by atoms with E-state index in [2.05, 4.69) is 11.9 Å². The van der Waals surface area contributed by atoms with E-state index in [0.717, 1.165) is 35.7 Å². The Balaban J connectivity index is 1.49. The highest BCUT2D eigenvalue weighted by atomic mass is 16.7. The van der Waals surface area contributed by atoms with Gasteiger partial charge in [0.15, 0.2) is 5.78 Å². The molecule has 0 spiro atoms. The third kappa shape index (κ3) is 11.0. The van der Waals surface area contributed by atoms with Gasteiger partial charge in [-0.25, -0.2) is 4.79 Å². The van der Waals surface area contributed by atoms with Gasteiger partial charge in [0.1, 0.15) is 0 Å². The van der Waals surface area contributed by atoms with Gasteiger partial charge in [-0.3, -0.25) is 9.78 Å². The number of carbonyl (C=O) groups is 2. The fourth-order valence-electron chi connectivity index (χ4n) is 5.49. The lowest BCUT2D eigenvalue weighted by molar-refractivity contribution is 0.0953. The van der Waals surface area contributed by atoms with Crippen molar-refractivity contribution in [3.8, 4) is 5.88 Å².